The highest BCUT2D eigenvalue weighted by Gasteiger charge is 2.44. The molecular weight excluding hydrogens is 680 g/mol. The number of aromatic nitrogens is 1. The van der Waals surface area contributed by atoms with Gasteiger partial charge >= 0.3 is 0 Å². The van der Waals surface area contributed by atoms with Crippen LogP contribution in [-0.4, -0.2) is 82.6 Å². The summed E-state index contributed by atoms with van der Waals surface area (Å²) in [5, 5.41) is 16.3. The number of primary amides is 1. The molecule has 4 amide bonds. The molecule has 1 aliphatic heterocycles. The number of halogens is 1. The number of nitrogens with two attached hydrogens (primary N) is 2. The van der Waals surface area contributed by atoms with Crippen molar-refractivity contribution < 1.29 is 29.0 Å². The molecule has 0 bridgehead atoms. The molecule has 2 aromatic rings. The second-order valence-corrected chi connectivity index (χ2v) is 14.7. The molecule has 50 heavy (non-hydrogen) atoms. The van der Waals surface area contributed by atoms with Crippen LogP contribution < -0.4 is 22.1 Å². The molecule has 0 aliphatic carbocycles. The highest BCUT2D eigenvalue weighted by atomic mass is 35.5. The Morgan fingerprint density at radius 3 is 2.48 bits per heavy atom. The summed E-state index contributed by atoms with van der Waals surface area (Å²) < 4.78 is 5.50. The molecule has 0 unspecified atom stereocenters. The molecule has 1 aromatic carbocycles. The number of ether oxygens (including phenoxy) is 1. The lowest BCUT2D eigenvalue weighted by molar-refractivity contribution is -0.144. The summed E-state index contributed by atoms with van der Waals surface area (Å²) in [6, 6.07) is 6.00. The molecule has 14 heteroatoms. The van der Waals surface area contributed by atoms with Crippen LogP contribution in [-0.2, 0) is 30.5 Å². The molecule has 1 aromatic heterocycles. The molecule has 0 spiro atoms. The first-order valence-electron chi connectivity index (χ1n) is 17.1. The summed E-state index contributed by atoms with van der Waals surface area (Å²) in [4.78, 5) is 57.7. The number of carbonyl (C=O) groups is 4. The number of nitrogens with zero attached hydrogens (tertiary/aromatic N) is 2. The lowest BCUT2D eigenvalue weighted by atomic mass is 9.85. The third-order valence-electron chi connectivity index (χ3n) is 8.46. The Morgan fingerprint density at radius 2 is 1.84 bits per heavy atom. The van der Waals surface area contributed by atoms with Crippen LogP contribution in [0.4, 0.5) is 0 Å². The normalized spacial score (nSPS) is 17.3. The topological polar surface area (TPSA) is 190 Å². The Balaban J connectivity index is 0.00000867. The molecular formula is C36H55ClN6O6S. The van der Waals surface area contributed by atoms with Gasteiger partial charge in [-0.15, -0.1) is 23.7 Å². The Kier molecular flexibility index (Phi) is 18.1. The maximum atomic E-state index is 13.8. The Labute approximate surface area is 306 Å². The van der Waals surface area contributed by atoms with Gasteiger partial charge in [-0.1, -0.05) is 63.6 Å². The Morgan fingerprint density at radius 1 is 1.12 bits per heavy atom. The zero-order valence-electron chi connectivity index (χ0n) is 29.7. The number of aliphatic hydroxyl groups is 1. The van der Waals surface area contributed by atoms with Crippen molar-refractivity contribution in [2.75, 3.05) is 19.8 Å². The van der Waals surface area contributed by atoms with E-state index in [-0.39, 0.29) is 74.4 Å². The molecule has 12 nitrogen and oxygen atoms in total. The number of unbranched alkanes of at least 4 members (excludes halogenated alkanes) is 3. The lowest BCUT2D eigenvalue weighted by Crippen LogP contribution is -2.57. The van der Waals surface area contributed by atoms with E-state index < -0.39 is 23.6 Å². The summed E-state index contributed by atoms with van der Waals surface area (Å²) >= 11 is 1.58. The van der Waals surface area contributed by atoms with E-state index in [1.165, 1.54) is 4.90 Å². The number of carbonyl (C=O) groups excluding carboxylic acids is 4. The van der Waals surface area contributed by atoms with E-state index in [1.54, 1.807) is 11.3 Å². The van der Waals surface area contributed by atoms with Crippen LogP contribution in [0.25, 0.3) is 10.4 Å². The quantitative estimate of drug-likeness (QED) is 0.106. The van der Waals surface area contributed by atoms with Gasteiger partial charge in [0.1, 0.15) is 12.1 Å². The van der Waals surface area contributed by atoms with E-state index in [9.17, 15) is 24.3 Å². The fraction of sp³-hybridized carbons (Fsp3) is 0.583. The third-order valence-corrected chi connectivity index (χ3v) is 9.44. The van der Waals surface area contributed by atoms with Crippen LogP contribution in [0.3, 0.4) is 0 Å². The van der Waals surface area contributed by atoms with E-state index in [0.29, 0.717) is 26.1 Å². The SMILES string of the molecule is Cc1ncsc1-c1ccc(CNC(=O)[C@@H]2C[C@@H](O)CN2C(=O)[C@@H](NC(=O)CCCCC/C=C\COC[C@@H](N)CCC(N)=O)C(C)(C)C)cc1.Cl. The number of aliphatic hydroxyl groups excluding tert-OH is 1. The molecule has 278 valence electrons. The average Bonchev–Trinajstić information content (AvgIpc) is 3.66. The fourth-order valence-corrected chi connectivity index (χ4v) is 6.43. The molecule has 1 saturated heterocycles. The van der Waals surface area contributed by atoms with Crippen LogP contribution in [0, 0.1) is 12.3 Å². The summed E-state index contributed by atoms with van der Waals surface area (Å²) in [6.45, 7) is 8.71. The minimum atomic E-state index is -0.852. The molecule has 0 radical (unpaired) electrons. The summed E-state index contributed by atoms with van der Waals surface area (Å²) in [5.41, 5.74) is 15.2. The minimum Gasteiger partial charge on any atom is -0.391 e. The van der Waals surface area contributed by atoms with Crippen LogP contribution in [0.2, 0.25) is 0 Å². The summed E-state index contributed by atoms with van der Waals surface area (Å²) in [6.07, 6.45) is 7.57. The Hall–Kier alpha value is -3.36. The smallest absolute Gasteiger partial charge is 0.246 e. The van der Waals surface area contributed by atoms with Crippen LogP contribution >= 0.6 is 23.7 Å². The summed E-state index contributed by atoms with van der Waals surface area (Å²) in [7, 11) is 0. The number of hydrogen-bond acceptors (Lipinski definition) is 9. The zero-order chi connectivity index (χ0) is 36.0. The van der Waals surface area contributed by atoms with Gasteiger partial charge < -0.3 is 36.8 Å². The van der Waals surface area contributed by atoms with Crippen molar-refractivity contribution in [3.8, 4) is 10.4 Å². The number of hydrogen-bond donors (Lipinski definition) is 5. The molecule has 1 fully saturated rings. The van der Waals surface area contributed by atoms with Crippen molar-refractivity contribution in [2.24, 2.45) is 16.9 Å². The van der Waals surface area contributed by atoms with Crippen LogP contribution in [0.1, 0.15) is 83.4 Å². The number of rotatable bonds is 19. The first-order valence-corrected chi connectivity index (χ1v) is 18.0. The van der Waals surface area contributed by atoms with Gasteiger partial charge in [0.25, 0.3) is 0 Å². The fourth-order valence-electron chi connectivity index (χ4n) is 5.62. The van der Waals surface area contributed by atoms with Gasteiger partial charge in [0.2, 0.25) is 23.6 Å². The van der Waals surface area contributed by atoms with E-state index in [2.05, 4.69) is 15.6 Å². The van der Waals surface area contributed by atoms with Gasteiger partial charge in [0.15, 0.2) is 0 Å². The van der Waals surface area contributed by atoms with Crippen molar-refractivity contribution in [1.82, 2.24) is 20.5 Å². The van der Waals surface area contributed by atoms with E-state index in [1.807, 2.05) is 69.6 Å². The number of allylic oxidation sites excluding steroid dienone is 1. The molecule has 4 atom stereocenters. The van der Waals surface area contributed by atoms with E-state index in [0.717, 1.165) is 41.0 Å². The maximum Gasteiger partial charge on any atom is 0.246 e. The number of thiazole rings is 1. The van der Waals surface area contributed by atoms with Gasteiger partial charge in [0.05, 0.1) is 35.4 Å². The average molecular weight is 735 g/mol. The number of aryl methyl sites for hydroxylation is 1. The van der Waals surface area contributed by atoms with Crippen molar-refractivity contribution in [3.05, 3.63) is 53.2 Å². The van der Waals surface area contributed by atoms with Crippen LogP contribution in [0.5, 0.6) is 0 Å². The van der Waals surface area contributed by atoms with Gasteiger partial charge in [-0.2, -0.15) is 0 Å². The second kappa shape index (κ2) is 21.1. The first kappa shape index (κ1) is 42.8. The highest BCUT2D eigenvalue weighted by Crippen LogP contribution is 2.28. The molecule has 3 rings (SSSR count). The standard InChI is InChI=1S/C36H54N6O6S.ClH/c1-24-32(49-23-40-24)26-14-12-25(13-15-26)20-39-34(46)29-19-28(43)21-42(29)35(47)33(36(2,3)4)41-31(45)11-9-7-5-6-8-10-18-48-22-27(37)16-17-30(38)44;/h8,10,12-15,23,27-29,33,43H,5-7,9,11,16-22,37H2,1-4H3,(H2,38,44)(H,39,46)(H,41,45);1H/b10-8-;/t27-,28+,29-,33+;/m0./s1. The molecule has 2 heterocycles. The monoisotopic (exact) mass is 734 g/mol. The first-order chi connectivity index (χ1) is 23.3. The summed E-state index contributed by atoms with van der Waals surface area (Å²) in [5.74, 6) is -1.30. The van der Waals surface area contributed by atoms with Gasteiger partial charge in [-0.25, -0.2) is 4.98 Å². The van der Waals surface area contributed by atoms with Gasteiger partial charge in [-0.3, -0.25) is 19.2 Å². The number of β-amino-alcohol motifs (C(OH)–C–C–N with tert-alkyl or cyclic N) is 1. The minimum absolute atomic E-state index is 0. The number of benzene rings is 1. The van der Waals surface area contributed by atoms with Crippen molar-refractivity contribution >= 4 is 47.4 Å². The predicted molar refractivity (Wildman–Crippen MR) is 198 cm³/mol. The van der Waals surface area contributed by atoms with Crippen molar-refractivity contribution in [1.29, 1.82) is 0 Å². The lowest BCUT2D eigenvalue weighted by Gasteiger charge is -2.35. The largest absolute Gasteiger partial charge is 0.391 e. The van der Waals surface area contributed by atoms with E-state index >= 15 is 0 Å². The van der Waals surface area contributed by atoms with Gasteiger partial charge in [0, 0.05) is 38.4 Å². The molecule has 0 saturated carbocycles. The molecule has 1 aliphatic rings. The maximum absolute atomic E-state index is 13.8. The van der Waals surface area contributed by atoms with Crippen molar-refractivity contribution in [2.45, 2.75) is 110 Å². The molecule has 7 N–H and O–H groups in total. The number of likely N-dealkylation sites (tertiary alicyclic amines) is 1. The van der Waals surface area contributed by atoms with Crippen LogP contribution in [0.15, 0.2) is 41.9 Å². The number of nitrogens with one attached hydrogen (secondary N) is 2. The van der Waals surface area contributed by atoms with Gasteiger partial charge in [-0.05, 0) is 49.1 Å². The number of amides is 4. The highest BCUT2D eigenvalue weighted by molar-refractivity contribution is 7.13. The zero-order valence-corrected chi connectivity index (χ0v) is 31.3. The van der Waals surface area contributed by atoms with E-state index in [4.69, 9.17) is 16.2 Å². The van der Waals surface area contributed by atoms with Crippen molar-refractivity contribution in [3.63, 3.8) is 0 Å². The second-order valence-electron chi connectivity index (χ2n) is 13.8. The Bertz CT molecular complexity index is 1410. The predicted octanol–water partition coefficient (Wildman–Crippen LogP) is 3.77. The third kappa shape index (κ3) is 14.1.